The third kappa shape index (κ3) is 3.48. The highest BCUT2D eigenvalue weighted by molar-refractivity contribution is 7.26. The first kappa shape index (κ1) is 25.6. The molecule has 0 radical (unpaired) electrons. The largest absolute Gasteiger partial charge is 0.457 e. The molecule has 0 bridgehead atoms. The fourth-order valence-corrected chi connectivity index (χ4v) is 8.63. The van der Waals surface area contributed by atoms with Gasteiger partial charge in [0.25, 0.3) is 0 Å². The van der Waals surface area contributed by atoms with Gasteiger partial charge in [-0.2, -0.15) is 0 Å². The van der Waals surface area contributed by atoms with Crippen LogP contribution < -0.4 is 4.74 Å². The maximum absolute atomic E-state index is 6.89. The molecule has 0 spiro atoms. The smallest absolute Gasteiger partial charge is 0.133 e. The molecule has 9 rings (SSSR count). The Hall–Kier alpha value is -4.86. The van der Waals surface area contributed by atoms with Crippen LogP contribution in [0.5, 0.6) is 11.5 Å². The molecule has 0 atom stereocenters. The van der Waals surface area contributed by atoms with E-state index in [1.165, 1.54) is 81.0 Å². The lowest BCUT2D eigenvalue weighted by Gasteiger charge is -2.35. The average molecular weight is 586 g/mol. The number of nitrogens with zero attached hydrogens (tertiary/aromatic N) is 1. The van der Waals surface area contributed by atoms with Crippen molar-refractivity contribution in [1.29, 1.82) is 0 Å². The van der Waals surface area contributed by atoms with E-state index in [0.29, 0.717) is 0 Å². The SMILES string of the molecule is Cc1ccccc1-c1cc2c(cc1C)C(C)(C)c1cc3c4ccccc4n(-c4cccc5c4sc4ccccc45)c3cc1O2. The van der Waals surface area contributed by atoms with Crippen LogP contribution in [-0.2, 0) is 5.41 Å². The van der Waals surface area contributed by atoms with Crippen molar-refractivity contribution in [2.45, 2.75) is 33.1 Å². The summed E-state index contributed by atoms with van der Waals surface area (Å²) < 4.78 is 12.0. The first-order valence-electron chi connectivity index (χ1n) is 15.3. The van der Waals surface area contributed by atoms with Gasteiger partial charge in [0.1, 0.15) is 11.5 Å². The van der Waals surface area contributed by atoms with E-state index in [1.807, 2.05) is 11.3 Å². The Kier molecular flexibility index (Phi) is 5.28. The van der Waals surface area contributed by atoms with Gasteiger partial charge in [-0.05, 0) is 66.4 Å². The molecular weight excluding hydrogens is 555 g/mol. The molecule has 0 saturated heterocycles. The maximum Gasteiger partial charge on any atom is 0.133 e. The highest BCUT2D eigenvalue weighted by atomic mass is 32.1. The Morgan fingerprint density at radius 3 is 2.14 bits per heavy atom. The van der Waals surface area contributed by atoms with Crippen LogP contribution in [0.4, 0.5) is 0 Å². The second kappa shape index (κ2) is 9.07. The van der Waals surface area contributed by atoms with Gasteiger partial charge in [-0.15, -0.1) is 11.3 Å². The highest BCUT2D eigenvalue weighted by Crippen LogP contribution is 2.52. The monoisotopic (exact) mass is 585 g/mol. The number of ether oxygens (including phenoxy) is 1. The van der Waals surface area contributed by atoms with Crippen LogP contribution in [0.15, 0.2) is 115 Å². The van der Waals surface area contributed by atoms with E-state index in [0.717, 1.165) is 11.5 Å². The topological polar surface area (TPSA) is 14.2 Å². The minimum atomic E-state index is -0.221. The van der Waals surface area contributed by atoms with Gasteiger partial charge in [0, 0.05) is 48.9 Å². The second-order valence-corrected chi connectivity index (χ2v) is 13.7. The van der Waals surface area contributed by atoms with E-state index in [2.05, 4.69) is 148 Å². The van der Waals surface area contributed by atoms with Crippen molar-refractivity contribution in [2.24, 2.45) is 0 Å². The number of thiophene rings is 1. The van der Waals surface area contributed by atoms with E-state index < -0.39 is 0 Å². The molecule has 212 valence electrons. The summed E-state index contributed by atoms with van der Waals surface area (Å²) in [5, 5.41) is 5.13. The predicted octanol–water partition coefficient (Wildman–Crippen LogP) is 11.9. The number of aromatic nitrogens is 1. The summed E-state index contributed by atoms with van der Waals surface area (Å²) in [6.45, 7) is 9.08. The van der Waals surface area contributed by atoms with Crippen molar-refractivity contribution in [3.63, 3.8) is 0 Å². The van der Waals surface area contributed by atoms with Crippen LogP contribution in [0.25, 0.3) is 58.8 Å². The van der Waals surface area contributed by atoms with Crippen molar-refractivity contribution in [2.75, 3.05) is 0 Å². The third-order valence-corrected chi connectivity index (χ3v) is 10.9. The standard InChI is InChI=1S/C41H31NOS/c1-24-12-5-6-13-26(24)30-22-37-32(20-25(30)2)41(3,4)33-21-31-27-14-7-9-17-34(27)42(36(31)23-38(33)43-37)35-18-11-16-29-28-15-8-10-19-39(28)44-40(29)35/h5-23H,1-4H3. The molecule has 2 aromatic heterocycles. The van der Waals surface area contributed by atoms with Gasteiger partial charge in [-0.3, -0.25) is 0 Å². The van der Waals surface area contributed by atoms with E-state index >= 15 is 0 Å². The molecule has 1 aliphatic rings. The zero-order chi connectivity index (χ0) is 29.7. The zero-order valence-electron chi connectivity index (χ0n) is 25.2. The predicted molar refractivity (Wildman–Crippen MR) is 187 cm³/mol. The molecule has 6 aromatic carbocycles. The third-order valence-electron chi connectivity index (χ3n) is 9.73. The Morgan fingerprint density at radius 2 is 1.27 bits per heavy atom. The number of hydrogen-bond donors (Lipinski definition) is 0. The fraction of sp³-hybridized carbons (Fsp3) is 0.122. The summed E-state index contributed by atoms with van der Waals surface area (Å²) in [7, 11) is 0. The molecule has 0 saturated carbocycles. The lowest BCUT2D eigenvalue weighted by molar-refractivity contribution is 0.419. The van der Waals surface area contributed by atoms with Gasteiger partial charge in [0.05, 0.1) is 21.4 Å². The molecule has 3 heterocycles. The fourth-order valence-electron chi connectivity index (χ4n) is 7.43. The summed E-state index contributed by atoms with van der Waals surface area (Å²) in [4.78, 5) is 0. The van der Waals surface area contributed by atoms with Gasteiger partial charge in [0.2, 0.25) is 0 Å². The Bertz CT molecular complexity index is 2470. The molecule has 1 aliphatic heterocycles. The molecular formula is C41H31NOS. The van der Waals surface area contributed by atoms with Crippen LogP contribution >= 0.6 is 11.3 Å². The lowest BCUT2D eigenvalue weighted by Crippen LogP contribution is -2.24. The van der Waals surface area contributed by atoms with E-state index in [-0.39, 0.29) is 5.41 Å². The summed E-state index contributed by atoms with van der Waals surface area (Å²) in [5.41, 5.74) is 10.9. The molecule has 0 unspecified atom stereocenters. The second-order valence-electron chi connectivity index (χ2n) is 12.7. The first-order valence-corrected chi connectivity index (χ1v) is 16.1. The number of hydrogen-bond acceptors (Lipinski definition) is 2. The van der Waals surface area contributed by atoms with E-state index in [9.17, 15) is 0 Å². The molecule has 3 heteroatoms. The number of rotatable bonds is 2. The summed E-state index contributed by atoms with van der Waals surface area (Å²) in [6, 6.07) is 42.1. The van der Waals surface area contributed by atoms with Crippen molar-refractivity contribution >= 4 is 53.3 Å². The minimum Gasteiger partial charge on any atom is -0.457 e. The Balaban J connectivity index is 1.31. The Morgan fingerprint density at radius 1 is 0.568 bits per heavy atom. The zero-order valence-corrected chi connectivity index (χ0v) is 26.0. The quantitative estimate of drug-likeness (QED) is 0.197. The molecule has 0 fully saturated rings. The van der Waals surface area contributed by atoms with Crippen molar-refractivity contribution in [3.8, 4) is 28.3 Å². The molecule has 44 heavy (non-hydrogen) atoms. The van der Waals surface area contributed by atoms with Crippen molar-refractivity contribution < 1.29 is 4.74 Å². The summed E-state index contributed by atoms with van der Waals surface area (Å²) in [6.07, 6.45) is 0. The van der Waals surface area contributed by atoms with Gasteiger partial charge >= 0.3 is 0 Å². The first-order chi connectivity index (χ1) is 21.4. The number of benzene rings is 6. The van der Waals surface area contributed by atoms with Gasteiger partial charge < -0.3 is 9.30 Å². The van der Waals surface area contributed by atoms with Crippen LogP contribution in [0.2, 0.25) is 0 Å². The average Bonchev–Trinajstić information content (AvgIpc) is 3.57. The van der Waals surface area contributed by atoms with Crippen molar-refractivity contribution in [3.05, 3.63) is 138 Å². The number of fused-ring (bicyclic) bond motifs is 8. The highest BCUT2D eigenvalue weighted by Gasteiger charge is 2.36. The van der Waals surface area contributed by atoms with E-state index in [1.54, 1.807) is 0 Å². The van der Waals surface area contributed by atoms with Gasteiger partial charge in [-0.1, -0.05) is 92.7 Å². The summed E-state index contributed by atoms with van der Waals surface area (Å²) in [5.74, 6) is 1.88. The number of para-hydroxylation sites is 1. The van der Waals surface area contributed by atoms with Crippen LogP contribution in [0.3, 0.4) is 0 Å². The maximum atomic E-state index is 6.89. The summed E-state index contributed by atoms with van der Waals surface area (Å²) >= 11 is 1.87. The molecule has 2 nitrogen and oxygen atoms in total. The molecule has 0 N–H and O–H groups in total. The Labute approximate surface area is 260 Å². The molecule has 0 aliphatic carbocycles. The van der Waals surface area contributed by atoms with Crippen molar-refractivity contribution in [1.82, 2.24) is 4.57 Å². The van der Waals surface area contributed by atoms with Crippen LogP contribution in [0.1, 0.15) is 36.1 Å². The minimum absolute atomic E-state index is 0.221. The van der Waals surface area contributed by atoms with E-state index in [4.69, 9.17) is 4.74 Å². The van der Waals surface area contributed by atoms with Gasteiger partial charge in [0.15, 0.2) is 0 Å². The molecule has 8 aromatic rings. The normalized spacial score (nSPS) is 13.8. The number of aryl methyl sites for hydroxylation is 2. The molecule has 0 amide bonds. The van der Waals surface area contributed by atoms with Gasteiger partial charge in [-0.25, -0.2) is 0 Å². The van der Waals surface area contributed by atoms with Crippen LogP contribution in [-0.4, -0.2) is 4.57 Å². The van der Waals surface area contributed by atoms with Crippen LogP contribution in [0, 0.1) is 13.8 Å². The lowest BCUT2D eigenvalue weighted by atomic mass is 9.74.